The van der Waals surface area contributed by atoms with Gasteiger partial charge in [0, 0.05) is 6.04 Å². The summed E-state index contributed by atoms with van der Waals surface area (Å²) in [6.07, 6.45) is 13.9. The Hall–Kier alpha value is -0.820. The quantitative estimate of drug-likeness (QED) is 0.636. The average Bonchev–Trinajstić information content (AvgIpc) is 2.81. The first-order valence-electron chi connectivity index (χ1n) is 9.17. The van der Waals surface area contributed by atoms with E-state index < -0.39 is 0 Å². The largest absolute Gasteiger partial charge is 0.314 e. The van der Waals surface area contributed by atoms with Gasteiger partial charge in [0.05, 0.1) is 0 Å². The molecule has 1 aromatic carbocycles. The molecule has 1 atom stereocenters. The first kappa shape index (κ1) is 16.5. The van der Waals surface area contributed by atoms with Gasteiger partial charge >= 0.3 is 0 Å². The van der Waals surface area contributed by atoms with E-state index in [2.05, 4.69) is 42.6 Å². The van der Waals surface area contributed by atoms with Crippen molar-refractivity contribution in [2.75, 3.05) is 6.54 Å². The third-order valence-corrected chi connectivity index (χ3v) is 4.95. The summed E-state index contributed by atoms with van der Waals surface area (Å²) in [7, 11) is 0. The van der Waals surface area contributed by atoms with E-state index in [0.717, 1.165) is 12.0 Å². The highest BCUT2D eigenvalue weighted by atomic mass is 14.9. The average molecular weight is 287 g/mol. The van der Waals surface area contributed by atoms with Crippen LogP contribution >= 0.6 is 0 Å². The molecule has 0 aromatic heterocycles. The Bertz CT molecular complexity index is 351. The monoisotopic (exact) mass is 287 g/mol. The van der Waals surface area contributed by atoms with Crippen molar-refractivity contribution in [1.82, 2.24) is 5.32 Å². The van der Waals surface area contributed by atoms with E-state index in [-0.39, 0.29) is 0 Å². The van der Waals surface area contributed by atoms with Gasteiger partial charge in [-0.1, -0.05) is 62.9 Å². The summed E-state index contributed by atoms with van der Waals surface area (Å²) in [5.74, 6) is 0.926. The maximum absolute atomic E-state index is 3.85. The van der Waals surface area contributed by atoms with E-state index in [0.29, 0.717) is 0 Å². The number of hydrogen-bond acceptors (Lipinski definition) is 1. The SMILES string of the molecule is CCCNC(CCCc1ccccc1)C1CCCCCC1. The second kappa shape index (κ2) is 10.00. The minimum absolute atomic E-state index is 0.756. The van der Waals surface area contributed by atoms with Crippen LogP contribution in [0.2, 0.25) is 0 Å². The van der Waals surface area contributed by atoms with Crippen molar-refractivity contribution in [2.45, 2.75) is 77.2 Å². The molecule has 21 heavy (non-hydrogen) atoms. The molecule has 1 unspecified atom stereocenters. The van der Waals surface area contributed by atoms with E-state index >= 15 is 0 Å². The summed E-state index contributed by atoms with van der Waals surface area (Å²) < 4.78 is 0. The summed E-state index contributed by atoms with van der Waals surface area (Å²) in [6, 6.07) is 11.7. The van der Waals surface area contributed by atoms with Crippen LogP contribution in [0.4, 0.5) is 0 Å². The Morgan fingerprint density at radius 2 is 1.76 bits per heavy atom. The van der Waals surface area contributed by atoms with E-state index in [9.17, 15) is 0 Å². The molecular weight excluding hydrogens is 254 g/mol. The molecule has 0 amide bonds. The van der Waals surface area contributed by atoms with Gasteiger partial charge in [-0.05, 0) is 56.6 Å². The number of nitrogens with one attached hydrogen (secondary N) is 1. The summed E-state index contributed by atoms with van der Waals surface area (Å²) in [6.45, 7) is 3.47. The van der Waals surface area contributed by atoms with Gasteiger partial charge in [0.15, 0.2) is 0 Å². The molecule has 0 saturated heterocycles. The summed E-state index contributed by atoms with van der Waals surface area (Å²) in [5, 5.41) is 3.85. The molecule has 2 rings (SSSR count). The molecule has 1 heteroatoms. The second-order valence-corrected chi connectivity index (χ2v) is 6.69. The van der Waals surface area contributed by atoms with E-state index in [1.165, 1.54) is 76.3 Å². The number of aryl methyl sites for hydroxylation is 1. The molecule has 0 aliphatic heterocycles. The van der Waals surface area contributed by atoms with Crippen LogP contribution in [0, 0.1) is 5.92 Å². The van der Waals surface area contributed by atoms with Gasteiger partial charge in [-0.15, -0.1) is 0 Å². The maximum atomic E-state index is 3.85. The Labute approximate surface area is 131 Å². The lowest BCUT2D eigenvalue weighted by Crippen LogP contribution is -2.36. The van der Waals surface area contributed by atoms with Gasteiger partial charge < -0.3 is 5.32 Å². The molecule has 1 aliphatic rings. The third kappa shape index (κ3) is 6.22. The normalized spacial score (nSPS) is 18.3. The van der Waals surface area contributed by atoms with Crippen LogP contribution in [0.15, 0.2) is 30.3 Å². The van der Waals surface area contributed by atoms with Crippen molar-refractivity contribution in [3.63, 3.8) is 0 Å². The lowest BCUT2D eigenvalue weighted by atomic mass is 9.88. The predicted molar refractivity (Wildman–Crippen MR) is 92.7 cm³/mol. The van der Waals surface area contributed by atoms with Crippen molar-refractivity contribution < 1.29 is 0 Å². The summed E-state index contributed by atoms with van der Waals surface area (Å²) in [4.78, 5) is 0. The van der Waals surface area contributed by atoms with Crippen molar-refractivity contribution >= 4 is 0 Å². The lowest BCUT2D eigenvalue weighted by molar-refractivity contribution is 0.300. The van der Waals surface area contributed by atoms with Crippen LogP contribution in [-0.4, -0.2) is 12.6 Å². The standard InChI is InChI=1S/C20H33N/c1-2-17-21-20(19-14-8-3-4-9-15-19)16-10-13-18-11-6-5-7-12-18/h5-7,11-12,19-21H,2-4,8-10,13-17H2,1H3. The summed E-state index contributed by atoms with van der Waals surface area (Å²) in [5.41, 5.74) is 1.49. The minimum Gasteiger partial charge on any atom is -0.314 e. The molecule has 1 N–H and O–H groups in total. The zero-order chi connectivity index (χ0) is 14.8. The van der Waals surface area contributed by atoms with Crippen molar-refractivity contribution in [3.05, 3.63) is 35.9 Å². The lowest BCUT2D eigenvalue weighted by Gasteiger charge is -2.27. The number of benzene rings is 1. The molecule has 1 saturated carbocycles. The zero-order valence-corrected chi connectivity index (χ0v) is 13.8. The van der Waals surface area contributed by atoms with Gasteiger partial charge in [0.25, 0.3) is 0 Å². The molecule has 1 fully saturated rings. The molecule has 118 valence electrons. The van der Waals surface area contributed by atoms with E-state index in [1.807, 2.05) is 0 Å². The van der Waals surface area contributed by atoms with Crippen LogP contribution in [-0.2, 0) is 6.42 Å². The fraction of sp³-hybridized carbons (Fsp3) is 0.700. The number of hydrogen-bond donors (Lipinski definition) is 1. The highest BCUT2D eigenvalue weighted by Crippen LogP contribution is 2.27. The van der Waals surface area contributed by atoms with Gasteiger partial charge in [-0.25, -0.2) is 0 Å². The molecule has 1 nitrogen and oxygen atoms in total. The summed E-state index contributed by atoms with van der Waals surface area (Å²) >= 11 is 0. The van der Waals surface area contributed by atoms with E-state index in [4.69, 9.17) is 0 Å². The fourth-order valence-corrected chi connectivity index (χ4v) is 3.72. The Kier molecular flexibility index (Phi) is 7.88. The van der Waals surface area contributed by atoms with Crippen LogP contribution in [0.5, 0.6) is 0 Å². The molecule has 0 spiro atoms. The van der Waals surface area contributed by atoms with Gasteiger partial charge in [0.2, 0.25) is 0 Å². The molecule has 1 aromatic rings. The second-order valence-electron chi connectivity index (χ2n) is 6.69. The molecule has 0 heterocycles. The molecule has 0 radical (unpaired) electrons. The topological polar surface area (TPSA) is 12.0 Å². The van der Waals surface area contributed by atoms with Crippen molar-refractivity contribution in [1.29, 1.82) is 0 Å². The van der Waals surface area contributed by atoms with Gasteiger partial charge in [-0.3, -0.25) is 0 Å². The highest BCUT2D eigenvalue weighted by Gasteiger charge is 2.21. The third-order valence-electron chi connectivity index (χ3n) is 4.95. The Morgan fingerprint density at radius 3 is 2.43 bits per heavy atom. The minimum atomic E-state index is 0.756. The molecular formula is C20H33N. The maximum Gasteiger partial charge on any atom is 0.00954 e. The molecule has 1 aliphatic carbocycles. The Morgan fingerprint density at radius 1 is 1.05 bits per heavy atom. The van der Waals surface area contributed by atoms with Gasteiger partial charge in [0.1, 0.15) is 0 Å². The van der Waals surface area contributed by atoms with E-state index in [1.54, 1.807) is 0 Å². The van der Waals surface area contributed by atoms with Gasteiger partial charge in [-0.2, -0.15) is 0 Å². The highest BCUT2D eigenvalue weighted by molar-refractivity contribution is 5.14. The predicted octanol–water partition coefficient (Wildman–Crippen LogP) is 5.35. The van der Waals surface area contributed by atoms with Crippen molar-refractivity contribution in [2.24, 2.45) is 5.92 Å². The van der Waals surface area contributed by atoms with Crippen LogP contribution in [0.25, 0.3) is 0 Å². The number of rotatable bonds is 8. The van der Waals surface area contributed by atoms with Crippen LogP contribution < -0.4 is 5.32 Å². The Balaban J connectivity index is 1.80. The smallest absolute Gasteiger partial charge is 0.00954 e. The first-order chi connectivity index (χ1) is 10.4. The van der Waals surface area contributed by atoms with Crippen molar-refractivity contribution in [3.8, 4) is 0 Å². The van der Waals surface area contributed by atoms with Crippen LogP contribution in [0.1, 0.15) is 70.3 Å². The van der Waals surface area contributed by atoms with Crippen LogP contribution in [0.3, 0.4) is 0 Å². The molecule has 0 bridgehead atoms. The fourth-order valence-electron chi connectivity index (χ4n) is 3.72. The first-order valence-corrected chi connectivity index (χ1v) is 9.17. The zero-order valence-electron chi connectivity index (χ0n) is 13.8.